The lowest BCUT2D eigenvalue weighted by Gasteiger charge is -2.00. The maximum absolute atomic E-state index is 11.9. The molecule has 21 heavy (non-hydrogen) atoms. The topological polar surface area (TPSA) is 41.5 Å². The fourth-order valence-corrected chi connectivity index (χ4v) is 1.81. The second kappa shape index (κ2) is 7.20. The third-order valence-corrected chi connectivity index (χ3v) is 2.94. The quantitative estimate of drug-likeness (QED) is 0.670. The molecule has 0 atom stereocenters. The summed E-state index contributed by atoms with van der Waals surface area (Å²) >= 11 is 0. The number of hydrogen-bond acceptors (Lipinski definition) is 2. The molecule has 0 saturated heterocycles. The Bertz CT molecular complexity index is 655. The van der Waals surface area contributed by atoms with Crippen molar-refractivity contribution in [2.75, 3.05) is 0 Å². The van der Waals surface area contributed by atoms with E-state index in [0.29, 0.717) is 5.56 Å². The number of nitrogens with one attached hydrogen (secondary N) is 1. The average Bonchev–Trinajstić information content (AvgIpc) is 2.49. The Kier molecular flexibility index (Phi) is 5.04. The van der Waals surface area contributed by atoms with E-state index < -0.39 is 0 Å². The summed E-state index contributed by atoms with van der Waals surface area (Å²) in [6.07, 6.45) is 3.64. The van der Waals surface area contributed by atoms with E-state index in [0.717, 1.165) is 16.7 Å². The van der Waals surface area contributed by atoms with Crippen LogP contribution in [-0.4, -0.2) is 12.1 Å². The smallest absolute Gasteiger partial charge is 0.267 e. The molecule has 0 fully saturated rings. The van der Waals surface area contributed by atoms with Crippen molar-refractivity contribution in [2.24, 2.45) is 5.10 Å². The average molecular weight is 278 g/mol. The lowest BCUT2D eigenvalue weighted by molar-refractivity contribution is 0.0955. The summed E-state index contributed by atoms with van der Waals surface area (Å²) in [5.74, 6) is -0.209. The number of hydrazone groups is 1. The first kappa shape index (κ1) is 14.7. The molecule has 0 aliphatic carbocycles. The van der Waals surface area contributed by atoms with Crippen molar-refractivity contribution in [3.8, 4) is 0 Å². The highest BCUT2D eigenvalue weighted by molar-refractivity contribution is 5.95. The zero-order valence-corrected chi connectivity index (χ0v) is 12.2. The van der Waals surface area contributed by atoms with Crippen LogP contribution < -0.4 is 5.43 Å². The van der Waals surface area contributed by atoms with Gasteiger partial charge in [-0.25, -0.2) is 5.43 Å². The molecule has 0 aliphatic heterocycles. The molecule has 2 rings (SSSR count). The van der Waals surface area contributed by atoms with Crippen LogP contribution in [0.4, 0.5) is 0 Å². The molecule has 1 N–H and O–H groups in total. The van der Waals surface area contributed by atoms with Gasteiger partial charge in [0.25, 0.3) is 5.91 Å². The Balaban J connectivity index is 1.94. The summed E-state index contributed by atoms with van der Waals surface area (Å²) in [5, 5.41) is 3.97. The Hall–Kier alpha value is -2.68. The van der Waals surface area contributed by atoms with Crippen LogP contribution in [0.15, 0.2) is 65.3 Å². The van der Waals surface area contributed by atoms with Gasteiger partial charge in [-0.1, -0.05) is 54.1 Å². The zero-order valence-electron chi connectivity index (χ0n) is 12.2. The molecule has 2 aromatic rings. The van der Waals surface area contributed by atoms with Crippen molar-refractivity contribution < 1.29 is 4.79 Å². The minimum atomic E-state index is -0.209. The zero-order chi connectivity index (χ0) is 15.1. The summed E-state index contributed by atoms with van der Waals surface area (Å²) in [7, 11) is 0. The van der Waals surface area contributed by atoms with Gasteiger partial charge in [0.1, 0.15) is 0 Å². The molecular formula is C18H18N2O. The Morgan fingerprint density at radius 3 is 2.38 bits per heavy atom. The molecule has 0 bridgehead atoms. The van der Waals surface area contributed by atoms with Crippen LogP contribution in [0.5, 0.6) is 0 Å². The molecule has 0 unspecified atom stereocenters. The molecular weight excluding hydrogens is 260 g/mol. The van der Waals surface area contributed by atoms with Crippen molar-refractivity contribution in [3.63, 3.8) is 0 Å². The van der Waals surface area contributed by atoms with Crippen LogP contribution in [0, 0.1) is 6.92 Å². The van der Waals surface area contributed by atoms with Gasteiger partial charge >= 0.3 is 0 Å². The van der Waals surface area contributed by atoms with Crippen molar-refractivity contribution in [1.82, 2.24) is 5.43 Å². The Morgan fingerprint density at radius 2 is 1.71 bits per heavy atom. The lowest BCUT2D eigenvalue weighted by atomic mass is 10.1. The van der Waals surface area contributed by atoms with Gasteiger partial charge in [0.05, 0.1) is 6.21 Å². The highest BCUT2D eigenvalue weighted by Crippen LogP contribution is 2.05. The summed E-state index contributed by atoms with van der Waals surface area (Å²) in [6.45, 7) is 3.92. The van der Waals surface area contributed by atoms with Crippen LogP contribution in [0.3, 0.4) is 0 Å². The highest BCUT2D eigenvalue weighted by atomic mass is 16.2. The van der Waals surface area contributed by atoms with E-state index >= 15 is 0 Å². The van der Waals surface area contributed by atoms with Crippen molar-refractivity contribution >= 4 is 18.2 Å². The van der Waals surface area contributed by atoms with Gasteiger partial charge in [-0.3, -0.25) is 4.79 Å². The van der Waals surface area contributed by atoms with E-state index in [-0.39, 0.29) is 5.91 Å². The minimum absolute atomic E-state index is 0.209. The van der Waals surface area contributed by atoms with Crippen molar-refractivity contribution in [3.05, 3.63) is 76.9 Å². The van der Waals surface area contributed by atoms with Crippen LogP contribution >= 0.6 is 0 Å². The second-order valence-electron chi connectivity index (χ2n) is 4.86. The number of allylic oxidation sites excluding steroid dienone is 1. The largest absolute Gasteiger partial charge is 0.271 e. The Labute approximate surface area is 125 Å². The molecule has 2 aromatic carbocycles. The number of amides is 1. The van der Waals surface area contributed by atoms with E-state index in [9.17, 15) is 4.79 Å². The monoisotopic (exact) mass is 278 g/mol. The van der Waals surface area contributed by atoms with E-state index in [1.807, 2.05) is 62.4 Å². The third kappa shape index (κ3) is 4.73. The molecule has 3 nitrogen and oxygen atoms in total. The lowest BCUT2D eigenvalue weighted by Crippen LogP contribution is -2.17. The first-order valence-electron chi connectivity index (χ1n) is 6.78. The Morgan fingerprint density at radius 1 is 1.05 bits per heavy atom. The molecule has 1 amide bonds. The minimum Gasteiger partial charge on any atom is -0.267 e. The molecule has 0 heterocycles. The van der Waals surface area contributed by atoms with E-state index in [1.165, 1.54) is 0 Å². The normalized spacial score (nSPS) is 11.6. The number of aryl methyl sites for hydroxylation is 1. The molecule has 3 heteroatoms. The van der Waals surface area contributed by atoms with E-state index in [2.05, 4.69) is 10.5 Å². The number of carbonyl (C=O) groups excluding carboxylic acids is 1. The predicted octanol–water partition coefficient (Wildman–Crippen LogP) is 3.81. The number of hydrogen-bond donors (Lipinski definition) is 1. The fourth-order valence-electron chi connectivity index (χ4n) is 1.81. The van der Waals surface area contributed by atoms with Crippen LogP contribution in [0.1, 0.15) is 28.4 Å². The van der Waals surface area contributed by atoms with E-state index in [4.69, 9.17) is 0 Å². The predicted molar refractivity (Wildman–Crippen MR) is 87.2 cm³/mol. The SMILES string of the molecule is CC(C=NNC(=O)c1ccc(C)cc1)=Cc1ccccc1. The van der Waals surface area contributed by atoms with Crippen molar-refractivity contribution in [2.45, 2.75) is 13.8 Å². The number of rotatable bonds is 4. The third-order valence-electron chi connectivity index (χ3n) is 2.94. The van der Waals surface area contributed by atoms with Gasteiger partial charge in [0.2, 0.25) is 0 Å². The summed E-state index contributed by atoms with van der Waals surface area (Å²) < 4.78 is 0. The molecule has 0 radical (unpaired) electrons. The van der Waals surface area contributed by atoms with Gasteiger partial charge in [-0.05, 0) is 37.1 Å². The molecule has 0 aromatic heterocycles. The highest BCUT2D eigenvalue weighted by Gasteiger charge is 2.02. The van der Waals surface area contributed by atoms with Gasteiger partial charge in [0, 0.05) is 5.56 Å². The maximum Gasteiger partial charge on any atom is 0.271 e. The van der Waals surface area contributed by atoms with Gasteiger partial charge < -0.3 is 0 Å². The standard InChI is InChI=1S/C18H18N2O/c1-14-8-10-17(11-9-14)18(21)20-19-13-15(2)12-16-6-4-3-5-7-16/h3-13H,1-2H3,(H,20,21). The van der Waals surface area contributed by atoms with Crippen LogP contribution in [0.25, 0.3) is 6.08 Å². The van der Waals surface area contributed by atoms with Gasteiger partial charge in [0.15, 0.2) is 0 Å². The van der Waals surface area contributed by atoms with Crippen LogP contribution in [0.2, 0.25) is 0 Å². The first-order valence-corrected chi connectivity index (χ1v) is 6.78. The second-order valence-corrected chi connectivity index (χ2v) is 4.86. The number of benzene rings is 2. The molecule has 0 spiro atoms. The van der Waals surface area contributed by atoms with Gasteiger partial charge in [-0.15, -0.1) is 0 Å². The number of nitrogens with zero attached hydrogens (tertiary/aromatic N) is 1. The van der Waals surface area contributed by atoms with Crippen molar-refractivity contribution in [1.29, 1.82) is 0 Å². The van der Waals surface area contributed by atoms with Gasteiger partial charge in [-0.2, -0.15) is 5.10 Å². The van der Waals surface area contributed by atoms with Crippen LogP contribution in [-0.2, 0) is 0 Å². The first-order chi connectivity index (χ1) is 10.1. The maximum atomic E-state index is 11.9. The summed E-state index contributed by atoms with van der Waals surface area (Å²) in [5.41, 5.74) is 6.31. The molecule has 106 valence electrons. The summed E-state index contributed by atoms with van der Waals surface area (Å²) in [6, 6.07) is 17.3. The molecule has 0 aliphatic rings. The summed E-state index contributed by atoms with van der Waals surface area (Å²) in [4.78, 5) is 11.9. The number of carbonyl (C=O) groups is 1. The van der Waals surface area contributed by atoms with E-state index in [1.54, 1.807) is 18.3 Å². The fraction of sp³-hybridized carbons (Fsp3) is 0.111. The molecule has 0 saturated carbocycles.